The Bertz CT molecular complexity index is 657. The molecule has 7 nitrogen and oxygen atoms in total. The van der Waals surface area contributed by atoms with Crippen molar-refractivity contribution in [2.75, 3.05) is 26.6 Å². The van der Waals surface area contributed by atoms with E-state index in [4.69, 9.17) is 0 Å². The van der Waals surface area contributed by atoms with E-state index in [9.17, 15) is 27.6 Å². The number of esters is 2. The third-order valence-electron chi connectivity index (χ3n) is 2.86. The summed E-state index contributed by atoms with van der Waals surface area (Å²) in [6.07, 6.45) is -5.52. The third-order valence-corrected chi connectivity index (χ3v) is 2.86. The molecule has 0 aliphatic heterocycles. The number of nitrogens with one attached hydrogen (secondary N) is 1. The minimum absolute atomic E-state index is 0.361. The van der Waals surface area contributed by atoms with Gasteiger partial charge in [-0.05, 0) is 12.1 Å². The van der Waals surface area contributed by atoms with Gasteiger partial charge < -0.3 is 19.5 Å². The number of carbonyl (C=O) groups excluding carboxylic acids is 3. The second kappa shape index (κ2) is 7.66. The summed E-state index contributed by atoms with van der Waals surface area (Å²) in [4.78, 5) is 34.4. The van der Waals surface area contributed by atoms with Crippen molar-refractivity contribution in [3.05, 3.63) is 23.3 Å². The van der Waals surface area contributed by atoms with Crippen LogP contribution in [-0.2, 0) is 25.2 Å². The molecule has 0 heterocycles. The standard InChI is InChI=1S/C14H14F3NO6/c1-22-10-4-7(13(21)24-3)9(5-8(10)14(15,16)17)18-11(19)6-12(20)23-2/h4-5H,6H2,1-3H3,(H,18,19). The van der Waals surface area contributed by atoms with Crippen LogP contribution < -0.4 is 10.1 Å². The van der Waals surface area contributed by atoms with Gasteiger partial charge in [0.2, 0.25) is 5.91 Å². The number of anilines is 1. The number of hydrogen-bond acceptors (Lipinski definition) is 6. The van der Waals surface area contributed by atoms with E-state index < -0.39 is 47.4 Å². The van der Waals surface area contributed by atoms with Crippen molar-refractivity contribution in [3.8, 4) is 5.75 Å². The van der Waals surface area contributed by atoms with Crippen LogP contribution in [0, 0.1) is 0 Å². The van der Waals surface area contributed by atoms with Crippen LogP contribution in [0.1, 0.15) is 22.3 Å². The van der Waals surface area contributed by atoms with Gasteiger partial charge in [0.15, 0.2) is 0 Å². The van der Waals surface area contributed by atoms with Gasteiger partial charge in [0.25, 0.3) is 0 Å². The first-order valence-electron chi connectivity index (χ1n) is 6.38. The van der Waals surface area contributed by atoms with E-state index in [2.05, 4.69) is 19.5 Å². The minimum Gasteiger partial charge on any atom is -0.496 e. The number of alkyl halides is 3. The lowest BCUT2D eigenvalue weighted by Gasteiger charge is -2.16. The lowest BCUT2D eigenvalue weighted by atomic mass is 10.1. The number of rotatable bonds is 5. The van der Waals surface area contributed by atoms with Gasteiger partial charge in [-0.1, -0.05) is 0 Å². The van der Waals surface area contributed by atoms with Crippen LogP contribution in [-0.4, -0.2) is 39.2 Å². The summed E-state index contributed by atoms with van der Waals surface area (Å²) >= 11 is 0. The largest absolute Gasteiger partial charge is 0.496 e. The first-order chi connectivity index (χ1) is 11.1. The lowest BCUT2D eigenvalue weighted by molar-refractivity contribution is -0.143. The monoisotopic (exact) mass is 349 g/mol. The minimum atomic E-state index is -4.79. The topological polar surface area (TPSA) is 90.9 Å². The number of methoxy groups -OCH3 is 3. The molecule has 0 aliphatic carbocycles. The number of carbonyl (C=O) groups is 3. The van der Waals surface area contributed by atoms with Crippen LogP contribution in [0.2, 0.25) is 0 Å². The highest BCUT2D eigenvalue weighted by Gasteiger charge is 2.36. The van der Waals surface area contributed by atoms with Crippen molar-refractivity contribution in [3.63, 3.8) is 0 Å². The fourth-order valence-electron chi connectivity index (χ4n) is 1.75. The quantitative estimate of drug-likeness (QED) is 0.646. The van der Waals surface area contributed by atoms with Crippen molar-refractivity contribution in [1.82, 2.24) is 0 Å². The summed E-state index contributed by atoms with van der Waals surface area (Å²) in [5.74, 6) is -3.45. The molecule has 1 N–H and O–H groups in total. The van der Waals surface area contributed by atoms with Crippen LogP contribution >= 0.6 is 0 Å². The predicted octanol–water partition coefficient (Wildman–Crippen LogP) is 2.00. The van der Waals surface area contributed by atoms with E-state index >= 15 is 0 Å². The second-order valence-electron chi connectivity index (χ2n) is 4.39. The average molecular weight is 349 g/mol. The summed E-state index contributed by atoms with van der Waals surface area (Å²) in [5.41, 5.74) is -2.03. The smallest absolute Gasteiger partial charge is 0.420 e. The highest BCUT2D eigenvalue weighted by Crippen LogP contribution is 2.39. The van der Waals surface area contributed by atoms with Crippen LogP contribution in [0.15, 0.2) is 12.1 Å². The molecule has 0 fully saturated rings. The SMILES string of the molecule is COC(=O)CC(=O)Nc1cc(C(F)(F)F)c(OC)cc1C(=O)OC. The zero-order valence-corrected chi connectivity index (χ0v) is 12.9. The number of benzene rings is 1. The summed E-state index contributed by atoms with van der Waals surface area (Å²) in [7, 11) is 3.07. The fourth-order valence-corrected chi connectivity index (χ4v) is 1.75. The van der Waals surface area contributed by atoms with E-state index in [1.54, 1.807) is 0 Å². The third kappa shape index (κ3) is 4.61. The molecule has 132 valence electrons. The van der Waals surface area contributed by atoms with Gasteiger partial charge >= 0.3 is 18.1 Å². The molecule has 1 aromatic carbocycles. The fraction of sp³-hybridized carbons (Fsp3) is 0.357. The van der Waals surface area contributed by atoms with Gasteiger partial charge in [0.05, 0.1) is 38.1 Å². The zero-order chi connectivity index (χ0) is 18.5. The molecule has 1 aromatic rings. The van der Waals surface area contributed by atoms with Crippen molar-refractivity contribution in [2.45, 2.75) is 12.6 Å². The van der Waals surface area contributed by atoms with Crippen molar-refractivity contribution in [1.29, 1.82) is 0 Å². The van der Waals surface area contributed by atoms with Gasteiger partial charge in [0, 0.05) is 0 Å². The van der Waals surface area contributed by atoms with Crippen molar-refractivity contribution < 1.29 is 41.8 Å². The summed E-state index contributed by atoms with van der Waals surface area (Å²) in [5, 5.41) is 2.06. The summed E-state index contributed by atoms with van der Waals surface area (Å²) < 4.78 is 52.5. The summed E-state index contributed by atoms with van der Waals surface area (Å²) in [6.45, 7) is 0. The van der Waals surface area contributed by atoms with E-state index in [1.165, 1.54) is 0 Å². The maximum atomic E-state index is 13.0. The molecular weight excluding hydrogens is 335 g/mol. The van der Waals surface area contributed by atoms with E-state index in [0.29, 0.717) is 6.07 Å². The molecule has 0 aliphatic rings. The Morgan fingerprint density at radius 3 is 2.17 bits per heavy atom. The molecule has 0 radical (unpaired) electrons. The molecule has 0 saturated carbocycles. The Hall–Kier alpha value is -2.78. The number of hydrogen-bond donors (Lipinski definition) is 1. The Morgan fingerprint density at radius 2 is 1.71 bits per heavy atom. The summed E-state index contributed by atoms with van der Waals surface area (Å²) in [6, 6.07) is 1.32. The molecule has 24 heavy (non-hydrogen) atoms. The lowest BCUT2D eigenvalue weighted by Crippen LogP contribution is -2.20. The average Bonchev–Trinajstić information content (AvgIpc) is 2.52. The van der Waals surface area contributed by atoms with E-state index in [0.717, 1.165) is 27.4 Å². The maximum absolute atomic E-state index is 13.0. The second-order valence-corrected chi connectivity index (χ2v) is 4.39. The highest BCUT2D eigenvalue weighted by molar-refractivity contribution is 6.06. The number of amides is 1. The highest BCUT2D eigenvalue weighted by atomic mass is 19.4. The Labute approximate surface area is 134 Å². The Kier molecular flexibility index (Phi) is 6.15. The molecule has 1 amide bonds. The molecule has 0 aromatic heterocycles. The first-order valence-corrected chi connectivity index (χ1v) is 6.38. The maximum Gasteiger partial charge on any atom is 0.420 e. The molecule has 0 atom stereocenters. The Balaban J connectivity index is 3.35. The predicted molar refractivity (Wildman–Crippen MR) is 74.6 cm³/mol. The first kappa shape index (κ1) is 19.3. The molecule has 10 heteroatoms. The van der Waals surface area contributed by atoms with Gasteiger partial charge in [-0.2, -0.15) is 13.2 Å². The molecular formula is C14H14F3NO6. The molecule has 0 unspecified atom stereocenters. The van der Waals surface area contributed by atoms with Crippen LogP contribution in [0.3, 0.4) is 0 Å². The van der Waals surface area contributed by atoms with Gasteiger partial charge in [-0.3, -0.25) is 9.59 Å². The molecule has 0 spiro atoms. The molecule has 0 bridgehead atoms. The molecule has 0 saturated heterocycles. The Morgan fingerprint density at radius 1 is 1.08 bits per heavy atom. The van der Waals surface area contributed by atoms with Gasteiger partial charge in [-0.25, -0.2) is 4.79 Å². The normalized spacial score (nSPS) is 10.8. The van der Waals surface area contributed by atoms with E-state index in [1.807, 2.05) is 0 Å². The number of ether oxygens (including phenoxy) is 3. The zero-order valence-electron chi connectivity index (χ0n) is 12.9. The van der Waals surface area contributed by atoms with Gasteiger partial charge in [0.1, 0.15) is 12.2 Å². The van der Waals surface area contributed by atoms with Crippen LogP contribution in [0.4, 0.5) is 18.9 Å². The van der Waals surface area contributed by atoms with E-state index in [-0.39, 0.29) is 5.56 Å². The molecule has 1 rings (SSSR count). The number of halogens is 3. The van der Waals surface area contributed by atoms with Crippen LogP contribution in [0.25, 0.3) is 0 Å². The van der Waals surface area contributed by atoms with Gasteiger partial charge in [-0.15, -0.1) is 0 Å². The van der Waals surface area contributed by atoms with Crippen molar-refractivity contribution >= 4 is 23.5 Å². The van der Waals surface area contributed by atoms with Crippen molar-refractivity contribution in [2.24, 2.45) is 0 Å². The van der Waals surface area contributed by atoms with Crippen LogP contribution in [0.5, 0.6) is 5.75 Å².